The zero-order chi connectivity index (χ0) is 43.3. The third-order valence-corrected chi connectivity index (χ3v) is 9.50. The molecule has 0 bridgehead atoms. The van der Waals surface area contributed by atoms with Crippen LogP contribution in [-0.2, 0) is 0 Å². The lowest BCUT2D eigenvalue weighted by molar-refractivity contribution is 0.886. The summed E-state index contributed by atoms with van der Waals surface area (Å²) in [5, 5.41) is 4.57. The van der Waals surface area contributed by atoms with Crippen molar-refractivity contribution in [2.45, 2.75) is 54.9 Å². The maximum atomic E-state index is 5.80. The van der Waals surface area contributed by atoms with E-state index in [-0.39, 0.29) is 7.43 Å². The van der Waals surface area contributed by atoms with Gasteiger partial charge in [0.05, 0.1) is 0 Å². The Bertz CT molecular complexity index is 2640. The molecule has 0 atom stereocenters. The van der Waals surface area contributed by atoms with Crippen LogP contribution in [0, 0.1) is 26.2 Å². The Balaban J connectivity index is 0.000000274. The third kappa shape index (κ3) is 13.9. The average molecular weight is 801 g/mol. The minimum absolute atomic E-state index is 0. The maximum Gasteiger partial charge on any atom is 0.164 e. The van der Waals surface area contributed by atoms with Crippen LogP contribution in [0.1, 0.15) is 74.7 Å². The van der Waals surface area contributed by atoms with Gasteiger partial charge in [0, 0.05) is 28.5 Å². The van der Waals surface area contributed by atoms with Crippen molar-refractivity contribution in [3.63, 3.8) is 0 Å². The van der Waals surface area contributed by atoms with Crippen molar-refractivity contribution in [1.82, 2.24) is 15.0 Å². The Morgan fingerprint density at radius 1 is 0.738 bits per heavy atom. The summed E-state index contributed by atoms with van der Waals surface area (Å²) < 4.78 is 0. The number of allylic oxidation sites excluding steroid dienone is 4. The van der Waals surface area contributed by atoms with E-state index in [1.54, 1.807) is 6.20 Å². The van der Waals surface area contributed by atoms with Crippen molar-refractivity contribution in [3.05, 3.63) is 209 Å². The lowest BCUT2D eigenvalue weighted by Crippen LogP contribution is -2.23. The molecule has 0 unspecified atom stereocenters. The van der Waals surface area contributed by atoms with Crippen LogP contribution < -0.4 is 16.2 Å². The van der Waals surface area contributed by atoms with Crippen molar-refractivity contribution >= 4 is 46.8 Å². The highest BCUT2D eigenvalue weighted by atomic mass is 15.0. The van der Waals surface area contributed by atoms with Crippen LogP contribution in [0.3, 0.4) is 0 Å². The first kappa shape index (κ1) is 48.0. The van der Waals surface area contributed by atoms with Gasteiger partial charge in [-0.25, -0.2) is 15.0 Å². The summed E-state index contributed by atoms with van der Waals surface area (Å²) in [6, 6.07) is 46.2. The molecule has 7 aromatic rings. The Kier molecular flexibility index (Phi) is 19.8. The molecule has 0 amide bonds. The number of nitrogens with zero attached hydrogens (tertiary/aromatic N) is 3. The molecule has 0 spiro atoms. The molecule has 1 heterocycles. The third-order valence-electron chi connectivity index (χ3n) is 9.50. The van der Waals surface area contributed by atoms with Crippen LogP contribution in [-0.4, -0.2) is 15.0 Å². The summed E-state index contributed by atoms with van der Waals surface area (Å²) in [5.41, 5.74) is 14.4. The van der Waals surface area contributed by atoms with Gasteiger partial charge in [0.15, 0.2) is 17.5 Å². The Morgan fingerprint density at radius 3 is 1.77 bits per heavy atom. The second-order valence-electron chi connectivity index (χ2n) is 13.9. The van der Waals surface area contributed by atoms with E-state index in [0.29, 0.717) is 23.0 Å². The molecule has 2 N–H and O–H groups in total. The topological polar surface area (TPSA) is 64.7 Å². The van der Waals surface area contributed by atoms with E-state index in [4.69, 9.17) is 17.1 Å². The lowest BCUT2D eigenvalue weighted by Gasteiger charge is -2.10. The fourth-order valence-corrected chi connectivity index (χ4v) is 5.99. The van der Waals surface area contributed by atoms with Gasteiger partial charge in [-0.3, -0.25) is 0 Å². The number of fused-ring (bicyclic) bond motifs is 1. The van der Waals surface area contributed by atoms with Crippen molar-refractivity contribution in [1.29, 1.82) is 0 Å². The van der Waals surface area contributed by atoms with E-state index in [2.05, 4.69) is 98.9 Å². The molecule has 0 saturated heterocycles. The highest BCUT2D eigenvalue weighted by Gasteiger charge is 2.12. The van der Waals surface area contributed by atoms with Gasteiger partial charge in [-0.15, -0.1) is 6.42 Å². The number of terminal acetylenes is 1. The van der Waals surface area contributed by atoms with Gasteiger partial charge in [0.2, 0.25) is 0 Å². The van der Waals surface area contributed by atoms with E-state index in [1.165, 1.54) is 45.9 Å². The van der Waals surface area contributed by atoms with Crippen LogP contribution in [0.15, 0.2) is 165 Å². The first-order valence-corrected chi connectivity index (χ1v) is 20.2. The number of unbranched alkanes of at least 4 members (excludes halogenated alkanes) is 1. The predicted octanol–water partition coefficient (Wildman–Crippen LogP) is 13.3. The summed E-state index contributed by atoms with van der Waals surface area (Å²) in [5.74, 6) is 4.44. The number of hydrogen-bond acceptors (Lipinski definition) is 4. The monoisotopic (exact) mass is 800 g/mol. The summed E-state index contributed by atoms with van der Waals surface area (Å²) >= 11 is 0. The SMILES string of the molecule is C.C#C/C(=C\C(=C)c1nc(-c2ccccc2)nc(-c2ccccc2)n1)c1ccc(C)cc1.C=Cc1c(/C=C\C)cc2ccccc2c1C.C=c1cccc/c1=C/N.CCCC. The Hall–Kier alpha value is -7.35. The van der Waals surface area contributed by atoms with Gasteiger partial charge in [0.1, 0.15) is 0 Å². The molecule has 0 saturated carbocycles. The van der Waals surface area contributed by atoms with Gasteiger partial charge in [0.25, 0.3) is 0 Å². The highest BCUT2D eigenvalue weighted by Crippen LogP contribution is 2.28. The van der Waals surface area contributed by atoms with Crippen LogP contribution >= 0.6 is 0 Å². The molecule has 0 aliphatic rings. The number of nitrogens with two attached hydrogens (primary N) is 1. The molecule has 4 heteroatoms. The van der Waals surface area contributed by atoms with Gasteiger partial charge in [-0.05, 0) is 76.4 Å². The Morgan fingerprint density at radius 2 is 1.28 bits per heavy atom. The fourth-order valence-electron chi connectivity index (χ4n) is 5.99. The molecule has 0 fully saturated rings. The number of hydrogen-bond donors (Lipinski definition) is 1. The number of aryl methyl sites for hydroxylation is 2. The van der Waals surface area contributed by atoms with Crippen molar-refractivity contribution in [2.75, 3.05) is 0 Å². The van der Waals surface area contributed by atoms with Crippen LogP contribution in [0.4, 0.5) is 0 Å². The van der Waals surface area contributed by atoms with Crippen molar-refractivity contribution in [3.8, 4) is 35.1 Å². The number of rotatable bonds is 8. The fraction of sp³-hybridized carbons (Fsp3) is 0.140. The van der Waals surface area contributed by atoms with Crippen LogP contribution in [0.2, 0.25) is 0 Å². The molecule has 0 aliphatic heterocycles. The second kappa shape index (κ2) is 25.2. The van der Waals surface area contributed by atoms with E-state index in [9.17, 15) is 0 Å². The standard InChI is InChI=1S/C28H21N3.C16H16.C8H9N.C4H10.CH4/c1-4-22(23-17-15-20(2)16-18-23)19-21(3)26-29-27(24-11-7-5-8-12-24)31-28(30-26)25-13-9-6-10-14-25;1-4-8-13-11-14-9-6-7-10-16(14)12(3)15(13)5-2;1-7-4-2-3-5-8(7)6-9;1-3-4-2;/h1,5-19H,3H2,2H3;4-11H,2H2,1,3H3;2-6H,1,9H2;3-4H2,1-2H3;1H4/b22-19+;8-4-;8-6-;;. The molecule has 7 rings (SSSR count). The first-order valence-electron chi connectivity index (χ1n) is 20.2. The molecular weight excluding hydrogens is 741 g/mol. The van der Waals surface area contributed by atoms with Crippen LogP contribution in [0.25, 0.3) is 69.6 Å². The average Bonchev–Trinajstić information content (AvgIpc) is 3.30. The summed E-state index contributed by atoms with van der Waals surface area (Å²) in [7, 11) is 0. The minimum Gasteiger partial charge on any atom is -0.404 e. The summed E-state index contributed by atoms with van der Waals surface area (Å²) in [6.45, 7) is 22.5. The smallest absolute Gasteiger partial charge is 0.164 e. The second-order valence-corrected chi connectivity index (χ2v) is 13.9. The molecule has 61 heavy (non-hydrogen) atoms. The quantitative estimate of drug-likeness (QED) is 0.123. The normalized spacial score (nSPS) is 10.8. The molecule has 0 radical (unpaired) electrons. The molecule has 308 valence electrons. The zero-order valence-electron chi connectivity index (χ0n) is 35.7. The maximum absolute atomic E-state index is 5.80. The van der Waals surface area contributed by atoms with Gasteiger partial charge in [-0.1, -0.05) is 217 Å². The molecule has 0 aliphatic carbocycles. The van der Waals surface area contributed by atoms with Gasteiger partial charge in [-0.2, -0.15) is 0 Å². The summed E-state index contributed by atoms with van der Waals surface area (Å²) in [6.07, 6.45) is 18.0. The van der Waals surface area contributed by atoms with Crippen molar-refractivity contribution in [2.24, 2.45) is 5.73 Å². The van der Waals surface area contributed by atoms with E-state index in [0.717, 1.165) is 32.7 Å². The number of benzene rings is 6. The first-order chi connectivity index (χ1) is 29.2. The zero-order valence-corrected chi connectivity index (χ0v) is 35.7. The molecule has 6 aromatic carbocycles. The molecular formula is C57H60N4. The van der Waals surface area contributed by atoms with E-state index < -0.39 is 0 Å². The van der Waals surface area contributed by atoms with Gasteiger partial charge >= 0.3 is 0 Å². The highest BCUT2D eigenvalue weighted by molar-refractivity contribution is 5.92. The Labute approximate surface area is 365 Å². The summed E-state index contributed by atoms with van der Waals surface area (Å²) in [4.78, 5) is 14.1. The number of aromatic nitrogens is 3. The minimum atomic E-state index is 0. The van der Waals surface area contributed by atoms with Crippen molar-refractivity contribution < 1.29 is 0 Å². The molecule has 1 aromatic heterocycles. The van der Waals surface area contributed by atoms with Gasteiger partial charge < -0.3 is 5.73 Å². The van der Waals surface area contributed by atoms with Crippen LogP contribution in [0.5, 0.6) is 0 Å². The lowest BCUT2D eigenvalue weighted by atomic mass is 9.95. The van der Waals surface area contributed by atoms with E-state index in [1.807, 2.05) is 135 Å². The largest absolute Gasteiger partial charge is 0.404 e. The molecule has 4 nitrogen and oxygen atoms in total. The predicted molar refractivity (Wildman–Crippen MR) is 268 cm³/mol. The van der Waals surface area contributed by atoms with E-state index >= 15 is 0 Å².